The molecule has 0 aromatic carbocycles. The fraction of sp³-hybridized carbons (Fsp3) is 0.462. The molecule has 0 bridgehead atoms. The summed E-state index contributed by atoms with van der Waals surface area (Å²) in [5, 5.41) is 8.92. The van der Waals surface area contributed by atoms with Gasteiger partial charge in [-0.3, -0.25) is 4.79 Å². The van der Waals surface area contributed by atoms with Gasteiger partial charge in [0.1, 0.15) is 0 Å². The molecule has 106 valence electrons. The number of hydrogen-bond acceptors (Lipinski definition) is 6. The van der Waals surface area contributed by atoms with Gasteiger partial charge in [0.05, 0.1) is 13.1 Å². The van der Waals surface area contributed by atoms with Gasteiger partial charge in [0.15, 0.2) is 5.82 Å². The van der Waals surface area contributed by atoms with E-state index in [-0.39, 0.29) is 5.91 Å². The number of amides is 1. The molecule has 0 aliphatic carbocycles. The highest BCUT2D eigenvalue weighted by atomic mass is 32.1. The Morgan fingerprint density at radius 1 is 1.60 bits per heavy atom. The number of carbonyl (C=O) groups excluding carboxylic acids is 1. The molecule has 20 heavy (non-hydrogen) atoms. The Morgan fingerprint density at radius 2 is 2.50 bits per heavy atom. The summed E-state index contributed by atoms with van der Waals surface area (Å²) >= 11 is 1.78. The Kier molecular flexibility index (Phi) is 3.79. The van der Waals surface area contributed by atoms with E-state index in [1.807, 2.05) is 4.90 Å². The van der Waals surface area contributed by atoms with Crippen molar-refractivity contribution in [1.82, 2.24) is 20.4 Å². The summed E-state index contributed by atoms with van der Waals surface area (Å²) in [6.45, 7) is 4.01. The Balaban J connectivity index is 1.48. The first-order chi connectivity index (χ1) is 9.72. The third kappa shape index (κ3) is 2.88. The molecule has 2 aromatic rings. The van der Waals surface area contributed by atoms with Crippen LogP contribution in [0, 0.1) is 6.92 Å². The second kappa shape index (κ2) is 5.72. The van der Waals surface area contributed by atoms with Gasteiger partial charge in [-0.25, -0.2) is 0 Å². The molecule has 0 saturated carbocycles. The number of thiophene rings is 1. The van der Waals surface area contributed by atoms with Crippen LogP contribution in [-0.2, 0) is 24.3 Å². The molecular formula is C13H16N4O2S. The lowest BCUT2D eigenvalue weighted by Gasteiger charge is -2.27. The standard InChI is InChI=1S/C13H16N4O2S/c1-9-15-12(16-19-9)6-14-7-13(18)17-4-2-11-10(8-17)3-5-20-11/h3,5,14H,2,4,6-8H2,1H3. The Hall–Kier alpha value is -1.73. The first-order valence-electron chi connectivity index (χ1n) is 6.55. The van der Waals surface area contributed by atoms with Crippen LogP contribution in [0.5, 0.6) is 0 Å². The highest BCUT2D eigenvalue weighted by Crippen LogP contribution is 2.23. The zero-order chi connectivity index (χ0) is 13.9. The quantitative estimate of drug-likeness (QED) is 0.914. The van der Waals surface area contributed by atoms with E-state index in [1.165, 1.54) is 10.4 Å². The summed E-state index contributed by atoms with van der Waals surface area (Å²) in [6.07, 6.45) is 0.961. The minimum absolute atomic E-state index is 0.113. The molecule has 0 atom stereocenters. The van der Waals surface area contributed by atoms with Crippen LogP contribution in [0.4, 0.5) is 0 Å². The largest absolute Gasteiger partial charge is 0.340 e. The van der Waals surface area contributed by atoms with Gasteiger partial charge in [0, 0.05) is 24.9 Å². The lowest BCUT2D eigenvalue weighted by Crippen LogP contribution is -2.40. The van der Waals surface area contributed by atoms with E-state index in [9.17, 15) is 4.79 Å². The van der Waals surface area contributed by atoms with Gasteiger partial charge in [-0.2, -0.15) is 4.98 Å². The maximum atomic E-state index is 12.1. The molecule has 6 nitrogen and oxygen atoms in total. The fourth-order valence-corrected chi connectivity index (χ4v) is 3.16. The molecule has 0 saturated heterocycles. The van der Waals surface area contributed by atoms with E-state index in [2.05, 4.69) is 26.9 Å². The third-order valence-corrected chi connectivity index (χ3v) is 4.31. The molecular weight excluding hydrogens is 276 g/mol. The summed E-state index contributed by atoms with van der Waals surface area (Å²) in [5.41, 5.74) is 1.28. The van der Waals surface area contributed by atoms with E-state index in [0.29, 0.717) is 24.8 Å². The zero-order valence-electron chi connectivity index (χ0n) is 11.3. The van der Waals surface area contributed by atoms with E-state index in [4.69, 9.17) is 4.52 Å². The molecule has 7 heteroatoms. The van der Waals surface area contributed by atoms with Crippen molar-refractivity contribution in [2.24, 2.45) is 0 Å². The van der Waals surface area contributed by atoms with Gasteiger partial charge in [-0.1, -0.05) is 5.16 Å². The number of nitrogens with zero attached hydrogens (tertiary/aromatic N) is 3. The van der Waals surface area contributed by atoms with Crippen molar-refractivity contribution >= 4 is 17.2 Å². The maximum Gasteiger partial charge on any atom is 0.236 e. The molecule has 2 aromatic heterocycles. The van der Waals surface area contributed by atoms with Gasteiger partial charge in [-0.05, 0) is 23.4 Å². The van der Waals surface area contributed by atoms with Crippen molar-refractivity contribution in [3.05, 3.63) is 33.6 Å². The predicted molar refractivity (Wildman–Crippen MR) is 74.2 cm³/mol. The fourth-order valence-electron chi connectivity index (χ4n) is 2.27. The molecule has 0 unspecified atom stereocenters. The van der Waals surface area contributed by atoms with Gasteiger partial charge >= 0.3 is 0 Å². The van der Waals surface area contributed by atoms with Crippen molar-refractivity contribution in [1.29, 1.82) is 0 Å². The van der Waals surface area contributed by atoms with Gasteiger partial charge in [0.2, 0.25) is 11.8 Å². The summed E-state index contributed by atoms with van der Waals surface area (Å²) in [7, 11) is 0. The lowest BCUT2D eigenvalue weighted by molar-refractivity contribution is -0.131. The zero-order valence-corrected chi connectivity index (χ0v) is 12.1. The van der Waals surface area contributed by atoms with Gasteiger partial charge in [0.25, 0.3) is 0 Å². The molecule has 0 fully saturated rings. The van der Waals surface area contributed by atoms with E-state index < -0.39 is 0 Å². The minimum atomic E-state index is 0.113. The number of rotatable bonds is 4. The first-order valence-corrected chi connectivity index (χ1v) is 7.43. The number of nitrogens with one attached hydrogen (secondary N) is 1. The normalized spacial score (nSPS) is 14.3. The molecule has 0 spiro atoms. The van der Waals surface area contributed by atoms with E-state index in [0.717, 1.165) is 19.5 Å². The number of carbonyl (C=O) groups is 1. The molecule has 1 N–H and O–H groups in total. The highest BCUT2D eigenvalue weighted by molar-refractivity contribution is 7.10. The summed E-state index contributed by atoms with van der Waals surface area (Å²) in [5.74, 6) is 1.23. The van der Waals surface area contributed by atoms with Crippen molar-refractivity contribution in [3.63, 3.8) is 0 Å². The molecule has 3 heterocycles. The van der Waals surface area contributed by atoms with E-state index >= 15 is 0 Å². The molecule has 3 rings (SSSR count). The summed E-state index contributed by atoms with van der Waals surface area (Å²) in [6, 6.07) is 2.11. The number of fused-ring (bicyclic) bond motifs is 1. The van der Waals surface area contributed by atoms with E-state index in [1.54, 1.807) is 18.3 Å². The van der Waals surface area contributed by atoms with Crippen molar-refractivity contribution in [2.75, 3.05) is 13.1 Å². The van der Waals surface area contributed by atoms with Gasteiger partial charge in [-0.15, -0.1) is 11.3 Å². The van der Waals surface area contributed by atoms with Crippen LogP contribution in [0.3, 0.4) is 0 Å². The first kappa shape index (κ1) is 13.3. The average molecular weight is 292 g/mol. The topological polar surface area (TPSA) is 71.3 Å². The van der Waals surface area contributed by atoms with Crippen LogP contribution < -0.4 is 5.32 Å². The maximum absolute atomic E-state index is 12.1. The molecule has 0 radical (unpaired) electrons. The second-order valence-electron chi connectivity index (χ2n) is 4.77. The van der Waals surface area contributed by atoms with Crippen LogP contribution in [-0.4, -0.2) is 34.0 Å². The Morgan fingerprint density at radius 3 is 3.30 bits per heavy atom. The van der Waals surface area contributed by atoms with Crippen LogP contribution in [0.15, 0.2) is 16.0 Å². The molecule has 1 amide bonds. The van der Waals surface area contributed by atoms with Crippen molar-refractivity contribution in [2.45, 2.75) is 26.4 Å². The monoisotopic (exact) mass is 292 g/mol. The van der Waals surface area contributed by atoms with Crippen LogP contribution in [0.2, 0.25) is 0 Å². The SMILES string of the molecule is Cc1nc(CNCC(=O)N2CCc3sccc3C2)no1. The number of aryl methyl sites for hydroxylation is 1. The molecule has 1 aliphatic rings. The van der Waals surface area contributed by atoms with Crippen LogP contribution >= 0.6 is 11.3 Å². The molecule has 1 aliphatic heterocycles. The van der Waals surface area contributed by atoms with Crippen molar-refractivity contribution in [3.8, 4) is 0 Å². The summed E-state index contributed by atoms with van der Waals surface area (Å²) < 4.78 is 4.87. The van der Waals surface area contributed by atoms with Crippen LogP contribution in [0.1, 0.15) is 22.2 Å². The Bertz CT molecular complexity index is 607. The number of aromatic nitrogens is 2. The average Bonchev–Trinajstić information content (AvgIpc) is 3.06. The van der Waals surface area contributed by atoms with Crippen molar-refractivity contribution < 1.29 is 9.32 Å². The Labute approximate surface area is 120 Å². The lowest BCUT2D eigenvalue weighted by atomic mass is 10.1. The smallest absolute Gasteiger partial charge is 0.236 e. The third-order valence-electron chi connectivity index (χ3n) is 3.29. The van der Waals surface area contributed by atoms with Gasteiger partial charge < -0.3 is 14.7 Å². The minimum Gasteiger partial charge on any atom is -0.340 e. The predicted octanol–water partition coefficient (Wildman–Crippen LogP) is 1.11. The van der Waals surface area contributed by atoms with Crippen LogP contribution in [0.25, 0.3) is 0 Å². The highest BCUT2D eigenvalue weighted by Gasteiger charge is 2.20. The number of hydrogen-bond donors (Lipinski definition) is 1. The summed E-state index contributed by atoms with van der Waals surface area (Å²) in [4.78, 5) is 19.5. The second-order valence-corrected chi connectivity index (χ2v) is 5.77.